The molecule has 0 radical (unpaired) electrons. The molecule has 6 rings (SSSR count). The van der Waals surface area contributed by atoms with E-state index in [0.29, 0.717) is 17.9 Å². The van der Waals surface area contributed by atoms with E-state index < -0.39 is 6.10 Å². The minimum atomic E-state index is -0.509. The van der Waals surface area contributed by atoms with E-state index in [-0.39, 0.29) is 6.10 Å². The number of halogens is 1. The SMILES string of the molecule is CCC(O)c1cc2ncnc(-c3cc(Cl)cc4c3O[C@@H](c3onc5c3CCCC5)C4)c2s1. The molecule has 164 valence electrons. The Labute approximate surface area is 194 Å². The zero-order valence-corrected chi connectivity index (χ0v) is 19.2. The normalized spacial score (nSPS) is 18.4. The molecule has 1 aliphatic heterocycles. The van der Waals surface area contributed by atoms with Crippen LogP contribution in [0.5, 0.6) is 5.75 Å². The molecule has 32 heavy (non-hydrogen) atoms. The van der Waals surface area contributed by atoms with Crippen LogP contribution in [-0.4, -0.2) is 20.2 Å². The van der Waals surface area contributed by atoms with Crippen molar-refractivity contribution in [3.05, 3.63) is 57.0 Å². The van der Waals surface area contributed by atoms with Crippen LogP contribution in [0.25, 0.3) is 21.5 Å². The summed E-state index contributed by atoms with van der Waals surface area (Å²) in [5, 5.41) is 15.3. The highest BCUT2D eigenvalue weighted by Crippen LogP contribution is 2.48. The minimum absolute atomic E-state index is 0.213. The predicted octanol–water partition coefficient (Wildman–Crippen LogP) is 6.00. The third-order valence-electron chi connectivity index (χ3n) is 6.38. The van der Waals surface area contributed by atoms with Gasteiger partial charge >= 0.3 is 0 Å². The quantitative estimate of drug-likeness (QED) is 0.396. The molecule has 0 saturated carbocycles. The van der Waals surface area contributed by atoms with Crippen molar-refractivity contribution >= 4 is 33.2 Å². The first-order chi connectivity index (χ1) is 15.6. The van der Waals surface area contributed by atoms with Gasteiger partial charge in [-0.05, 0) is 50.3 Å². The number of ether oxygens (including phenoxy) is 1. The van der Waals surface area contributed by atoms with Crippen molar-refractivity contribution in [1.82, 2.24) is 15.1 Å². The molecule has 4 heterocycles. The molecular weight excluding hydrogens is 446 g/mol. The molecule has 0 amide bonds. The van der Waals surface area contributed by atoms with Crippen LogP contribution in [-0.2, 0) is 19.3 Å². The third-order valence-corrected chi connectivity index (χ3v) is 7.83. The molecule has 1 unspecified atom stereocenters. The fourth-order valence-electron chi connectivity index (χ4n) is 4.74. The Morgan fingerprint density at radius 3 is 2.97 bits per heavy atom. The van der Waals surface area contributed by atoms with E-state index in [4.69, 9.17) is 20.9 Å². The van der Waals surface area contributed by atoms with E-state index >= 15 is 0 Å². The summed E-state index contributed by atoms with van der Waals surface area (Å²) in [6.45, 7) is 1.96. The Kier molecular flexibility index (Phi) is 4.93. The molecule has 8 heteroatoms. The Hall–Kier alpha value is -2.48. The maximum atomic E-state index is 10.3. The van der Waals surface area contributed by atoms with E-state index in [1.54, 1.807) is 6.33 Å². The Balaban J connectivity index is 1.44. The molecule has 6 nitrogen and oxygen atoms in total. The van der Waals surface area contributed by atoms with Crippen LogP contribution in [0.2, 0.25) is 5.02 Å². The summed E-state index contributed by atoms with van der Waals surface area (Å²) in [6, 6.07) is 5.80. The average molecular weight is 468 g/mol. The Morgan fingerprint density at radius 2 is 2.09 bits per heavy atom. The highest BCUT2D eigenvalue weighted by molar-refractivity contribution is 7.19. The number of hydrogen-bond acceptors (Lipinski definition) is 7. The van der Waals surface area contributed by atoms with Gasteiger partial charge in [0.2, 0.25) is 0 Å². The largest absolute Gasteiger partial charge is 0.481 e. The van der Waals surface area contributed by atoms with Crippen molar-refractivity contribution < 1.29 is 14.4 Å². The number of fused-ring (bicyclic) bond motifs is 3. The lowest BCUT2D eigenvalue weighted by Crippen LogP contribution is -2.08. The van der Waals surface area contributed by atoms with Gasteiger partial charge in [0.15, 0.2) is 11.9 Å². The van der Waals surface area contributed by atoms with Crippen molar-refractivity contribution in [2.75, 3.05) is 0 Å². The van der Waals surface area contributed by atoms with Crippen LogP contribution in [0.3, 0.4) is 0 Å². The first kappa shape index (κ1) is 20.1. The van der Waals surface area contributed by atoms with E-state index in [9.17, 15) is 5.11 Å². The lowest BCUT2D eigenvalue weighted by Gasteiger charge is -2.14. The van der Waals surface area contributed by atoms with Crippen LogP contribution < -0.4 is 4.74 Å². The Bertz CT molecular complexity index is 1330. The second kappa shape index (κ2) is 7.83. The van der Waals surface area contributed by atoms with Gasteiger partial charge in [-0.25, -0.2) is 9.97 Å². The summed E-state index contributed by atoms with van der Waals surface area (Å²) in [7, 11) is 0. The van der Waals surface area contributed by atoms with E-state index in [0.717, 1.165) is 74.8 Å². The average Bonchev–Trinajstić information content (AvgIpc) is 3.53. The van der Waals surface area contributed by atoms with Gasteiger partial charge in [-0.15, -0.1) is 11.3 Å². The van der Waals surface area contributed by atoms with Gasteiger partial charge in [0.1, 0.15) is 12.1 Å². The summed E-state index contributed by atoms with van der Waals surface area (Å²) in [5.41, 5.74) is 5.75. The van der Waals surface area contributed by atoms with Crippen molar-refractivity contribution in [2.45, 2.75) is 57.7 Å². The maximum Gasteiger partial charge on any atom is 0.181 e. The molecular formula is C24H22ClN3O3S. The smallest absolute Gasteiger partial charge is 0.181 e. The standard InChI is InChI=1S/C24H22ClN3O3S/c1-2-18(29)20-10-17-24(32-20)21(27-11-26-17)15-9-13(25)7-12-8-19(30-22(12)15)23-14-5-3-4-6-16(14)28-31-23/h7,9-11,18-19,29H,2-6,8H2,1H3/t18?,19-/m1/s1. The van der Waals surface area contributed by atoms with Crippen LogP contribution in [0, 0.1) is 0 Å². The number of aromatic nitrogens is 3. The van der Waals surface area contributed by atoms with Gasteiger partial charge in [0.25, 0.3) is 0 Å². The molecule has 0 spiro atoms. The fraction of sp³-hybridized carbons (Fsp3) is 0.375. The molecule has 4 aromatic rings. The molecule has 1 aromatic carbocycles. The van der Waals surface area contributed by atoms with Crippen molar-refractivity contribution in [1.29, 1.82) is 0 Å². The summed E-state index contributed by atoms with van der Waals surface area (Å²) in [6.07, 6.45) is 6.43. The van der Waals surface area contributed by atoms with Gasteiger partial charge in [-0.3, -0.25) is 0 Å². The summed E-state index contributed by atoms with van der Waals surface area (Å²) < 4.78 is 13.2. The predicted molar refractivity (Wildman–Crippen MR) is 123 cm³/mol. The minimum Gasteiger partial charge on any atom is -0.481 e. The lowest BCUT2D eigenvalue weighted by molar-refractivity contribution is 0.177. The van der Waals surface area contributed by atoms with Crippen LogP contribution >= 0.6 is 22.9 Å². The molecule has 0 saturated heterocycles. The number of rotatable bonds is 4. The number of aliphatic hydroxyl groups is 1. The summed E-state index contributed by atoms with van der Waals surface area (Å²) >= 11 is 8.04. The van der Waals surface area contributed by atoms with Gasteiger partial charge < -0.3 is 14.4 Å². The second-order valence-electron chi connectivity index (χ2n) is 8.44. The molecule has 2 aliphatic rings. The van der Waals surface area contributed by atoms with Gasteiger partial charge in [-0.2, -0.15) is 0 Å². The lowest BCUT2D eigenvalue weighted by atomic mass is 9.93. The molecule has 3 aromatic heterocycles. The fourth-order valence-corrected chi connectivity index (χ4v) is 6.17. The van der Waals surface area contributed by atoms with Gasteiger partial charge in [0, 0.05) is 33.0 Å². The van der Waals surface area contributed by atoms with Gasteiger partial charge in [-0.1, -0.05) is 23.7 Å². The number of benzene rings is 1. The zero-order valence-electron chi connectivity index (χ0n) is 17.6. The number of nitrogens with zero attached hydrogens (tertiary/aromatic N) is 3. The molecule has 2 atom stereocenters. The monoisotopic (exact) mass is 467 g/mol. The first-order valence-electron chi connectivity index (χ1n) is 11.0. The molecule has 0 fully saturated rings. The van der Waals surface area contributed by atoms with Crippen LogP contribution in [0.1, 0.15) is 65.9 Å². The first-order valence-corrected chi connectivity index (χ1v) is 12.2. The maximum absolute atomic E-state index is 10.3. The number of aliphatic hydroxyl groups excluding tert-OH is 1. The van der Waals surface area contributed by atoms with Crippen molar-refractivity contribution in [3.63, 3.8) is 0 Å². The summed E-state index contributed by atoms with van der Waals surface area (Å²) in [4.78, 5) is 9.90. The second-order valence-corrected chi connectivity index (χ2v) is 9.96. The summed E-state index contributed by atoms with van der Waals surface area (Å²) in [5.74, 6) is 1.63. The van der Waals surface area contributed by atoms with Crippen LogP contribution in [0.15, 0.2) is 29.0 Å². The van der Waals surface area contributed by atoms with E-state index in [1.165, 1.54) is 16.9 Å². The molecule has 1 N–H and O–H groups in total. The number of hydrogen-bond donors (Lipinski definition) is 1. The zero-order chi connectivity index (χ0) is 21.8. The number of thiophene rings is 1. The van der Waals surface area contributed by atoms with E-state index in [2.05, 4.69) is 15.1 Å². The van der Waals surface area contributed by atoms with Crippen molar-refractivity contribution in [2.24, 2.45) is 0 Å². The topological polar surface area (TPSA) is 81.3 Å². The highest BCUT2D eigenvalue weighted by atomic mass is 35.5. The van der Waals surface area contributed by atoms with E-state index in [1.807, 2.05) is 25.1 Å². The van der Waals surface area contributed by atoms with Crippen molar-refractivity contribution in [3.8, 4) is 17.0 Å². The number of aryl methyl sites for hydroxylation is 1. The molecule has 1 aliphatic carbocycles. The Morgan fingerprint density at radius 1 is 1.22 bits per heavy atom. The van der Waals surface area contributed by atoms with Gasteiger partial charge in [0.05, 0.1) is 27.7 Å². The van der Waals surface area contributed by atoms with Crippen LogP contribution in [0.4, 0.5) is 0 Å². The molecule has 0 bridgehead atoms. The third kappa shape index (κ3) is 3.22. The highest BCUT2D eigenvalue weighted by Gasteiger charge is 2.34.